The van der Waals surface area contributed by atoms with Crippen LogP contribution in [0.2, 0.25) is 5.02 Å². The molecule has 2 N–H and O–H groups in total. The third kappa shape index (κ3) is 6.58. The summed E-state index contributed by atoms with van der Waals surface area (Å²) >= 11 is 6.56. The van der Waals surface area contributed by atoms with Crippen LogP contribution in [0.25, 0.3) is 27.6 Å². The smallest absolute Gasteiger partial charge is 0.282 e. The zero-order valence-corrected chi connectivity index (χ0v) is 28.9. The van der Waals surface area contributed by atoms with Gasteiger partial charge in [-0.05, 0) is 61.2 Å². The second-order valence-electron chi connectivity index (χ2n) is 12.3. The third-order valence-corrected chi connectivity index (χ3v) is 9.54. The minimum absolute atomic E-state index is 0.00969. The molecule has 0 unspecified atom stereocenters. The first kappa shape index (κ1) is 35.1. The summed E-state index contributed by atoms with van der Waals surface area (Å²) in [5.41, 5.74) is 0.250. The Bertz CT molecular complexity index is 2570. The molecule has 1 atom stereocenters. The minimum atomic E-state index is -3.83. The fraction of sp³-hybridized carbons (Fsp3) is 0.273. The zero-order valence-electron chi connectivity index (χ0n) is 27.4. The first-order valence-corrected chi connectivity index (χ1v) is 18.1. The fourth-order valence-corrected chi connectivity index (χ4v) is 7.42. The number of sulfonamides is 1. The van der Waals surface area contributed by atoms with Crippen molar-refractivity contribution in [3.8, 4) is 5.69 Å². The van der Waals surface area contributed by atoms with Crippen molar-refractivity contribution in [2.75, 3.05) is 11.0 Å². The van der Waals surface area contributed by atoms with Gasteiger partial charge in [-0.3, -0.25) is 28.2 Å². The summed E-state index contributed by atoms with van der Waals surface area (Å²) < 4.78 is 86.9. The van der Waals surface area contributed by atoms with Gasteiger partial charge in [0.05, 0.1) is 39.3 Å². The van der Waals surface area contributed by atoms with Crippen molar-refractivity contribution in [2.45, 2.75) is 44.7 Å². The van der Waals surface area contributed by atoms with Crippen molar-refractivity contribution in [3.63, 3.8) is 0 Å². The molecule has 52 heavy (non-hydrogen) atoms. The molecular weight excluding hydrogens is 730 g/mol. The predicted molar refractivity (Wildman–Crippen MR) is 183 cm³/mol. The number of nitrogens with one attached hydrogen (secondary N) is 2. The van der Waals surface area contributed by atoms with Crippen molar-refractivity contribution in [3.05, 3.63) is 104 Å². The van der Waals surface area contributed by atoms with Gasteiger partial charge in [0.15, 0.2) is 11.5 Å². The van der Waals surface area contributed by atoms with E-state index in [0.717, 1.165) is 23.0 Å². The van der Waals surface area contributed by atoms with Gasteiger partial charge in [0.25, 0.3) is 12.0 Å². The Hall–Kier alpha value is -5.36. The molecule has 0 spiro atoms. The van der Waals surface area contributed by atoms with Gasteiger partial charge in [-0.2, -0.15) is 10.2 Å². The van der Waals surface area contributed by atoms with Crippen LogP contribution < -0.4 is 15.6 Å². The first-order valence-electron chi connectivity index (χ1n) is 15.8. The van der Waals surface area contributed by atoms with E-state index in [1.807, 2.05) is 0 Å². The molecule has 19 heteroatoms. The van der Waals surface area contributed by atoms with Gasteiger partial charge in [-0.1, -0.05) is 11.6 Å². The molecule has 0 fully saturated rings. The molecule has 1 aliphatic rings. The van der Waals surface area contributed by atoms with E-state index in [9.17, 15) is 35.6 Å². The van der Waals surface area contributed by atoms with E-state index in [0.29, 0.717) is 36.6 Å². The average molecular weight is 758 g/mol. The molecule has 0 bridgehead atoms. The standard InChI is InChI=1S/C33H28ClF4N9O4S/c1-45-28-24(9-8-21(34)26(28)31(43-45)44-52(2,50)51)47-32(41-30-20(33(47)49)6-4-10-39-30)22(13-16-11-17(35)14-18(36)12-16)40-25(48)15-46-23-7-3-5-19(23)27(42-46)29(37)38/h4,6,8-12,14,22,29H,3,5,7,13,15H2,1-2H3,(H,40,48)(H,43,44)/t22-/m0/s1. The number of anilines is 1. The lowest BCUT2D eigenvalue weighted by Crippen LogP contribution is -2.38. The topological polar surface area (TPSA) is 159 Å². The van der Waals surface area contributed by atoms with Gasteiger partial charge in [-0.25, -0.2) is 35.9 Å². The number of alkyl halides is 2. The van der Waals surface area contributed by atoms with Crippen LogP contribution in [-0.2, 0) is 47.7 Å². The number of aryl methyl sites for hydroxylation is 1. The summed E-state index contributed by atoms with van der Waals surface area (Å²) in [5.74, 6) is -2.75. The molecule has 4 heterocycles. The number of nitrogens with zero attached hydrogens (tertiary/aromatic N) is 7. The second kappa shape index (κ2) is 13.3. The van der Waals surface area contributed by atoms with Gasteiger partial charge < -0.3 is 5.32 Å². The SMILES string of the molecule is Cn1nc(NS(C)(=O)=O)c2c(Cl)ccc(-n3c([C@H](Cc4cc(F)cc(F)c4)NC(=O)Cn4nc(C(F)F)c5c4CCC5)nc4ncccc4c3=O)c21. The van der Waals surface area contributed by atoms with Crippen molar-refractivity contribution in [2.24, 2.45) is 7.05 Å². The summed E-state index contributed by atoms with van der Waals surface area (Å²) in [4.78, 5) is 37.2. The Labute approximate surface area is 297 Å². The highest BCUT2D eigenvalue weighted by molar-refractivity contribution is 7.92. The summed E-state index contributed by atoms with van der Waals surface area (Å²) in [6.07, 6.45) is 0.660. The van der Waals surface area contributed by atoms with Gasteiger partial charge >= 0.3 is 0 Å². The number of halogens is 5. The Morgan fingerprint density at radius 2 is 1.83 bits per heavy atom. The van der Waals surface area contributed by atoms with Gasteiger partial charge in [-0.15, -0.1) is 0 Å². The molecule has 7 rings (SSSR count). The number of hydrogen-bond donors (Lipinski definition) is 2. The van der Waals surface area contributed by atoms with E-state index < -0.39 is 57.8 Å². The Balaban J connectivity index is 1.42. The average Bonchev–Trinajstić information content (AvgIpc) is 3.75. The van der Waals surface area contributed by atoms with Crippen molar-refractivity contribution in [1.82, 2.24) is 39.4 Å². The van der Waals surface area contributed by atoms with Crippen LogP contribution in [-0.4, -0.2) is 54.7 Å². The van der Waals surface area contributed by atoms with Crippen LogP contribution >= 0.6 is 11.6 Å². The van der Waals surface area contributed by atoms with E-state index in [4.69, 9.17) is 11.6 Å². The van der Waals surface area contributed by atoms with Crippen LogP contribution in [0.1, 0.15) is 47.2 Å². The lowest BCUT2D eigenvalue weighted by Gasteiger charge is -2.23. The Morgan fingerprint density at radius 1 is 1.08 bits per heavy atom. The molecule has 1 aliphatic carbocycles. The number of amides is 1. The molecule has 270 valence electrons. The normalized spacial score (nSPS) is 13.6. The maximum absolute atomic E-state index is 14.5. The zero-order chi connectivity index (χ0) is 37.1. The number of hydrogen-bond acceptors (Lipinski definition) is 8. The van der Waals surface area contributed by atoms with E-state index in [-0.39, 0.29) is 56.3 Å². The maximum atomic E-state index is 14.5. The van der Waals surface area contributed by atoms with Gasteiger partial charge in [0, 0.05) is 37.0 Å². The third-order valence-electron chi connectivity index (χ3n) is 8.66. The van der Waals surface area contributed by atoms with Crippen LogP contribution in [0.4, 0.5) is 23.4 Å². The molecule has 0 saturated carbocycles. The Morgan fingerprint density at radius 3 is 2.54 bits per heavy atom. The van der Waals surface area contributed by atoms with Crippen LogP contribution in [0, 0.1) is 11.6 Å². The number of rotatable bonds is 10. The largest absolute Gasteiger partial charge is 0.344 e. The lowest BCUT2D eigenvalue weighted by atomic mass is 10.0. The number of benzene rings is 2. The first-order chi connectivity index (χ1) is 24.7. The molecule has 6 aromatic rings. The van der Waals surface area contributed by atoms with Crippen LogP contribution in [0.5, 0.6) is 0 Å². The van der Waals surface area contributed by atoms with Gasteiger partial charge in [0.2, 0.25) is 15.9 Å². The molecule has 0 radical (unpaired) electrons. The quantitative estimate of drug-likeness (QED) is 0.191. The monoisotopic (exact) mass is 757 g/mol. The number of carbonyl (C=O) groups excluding carboxylic acids is 1. The summed E-state index contributed by atoms with van der Waals surface area (Å²) in [5, 5.41) is 11.4. The van der Waals surface area contributed by atoms with Crippen LogP contribution in [0.3, 0.4) is 0 Å². The van der Waals surface area contributed by atoms with Crippen LogP contribution in [0.15, 0.2) is 53.5 Å². The fourth-order valence-electron chi connectivity index (χ4n) is 6.68. The molecule has 0 aliphatic heterocycles. The number of pyridine rings is 1. The number of aromatic nitrogens is 7. The Kier molecular flexibility index (Phi) is 8.98. The molecule has 0 saturated heterocycles. The highest BCUT2D eigenvalue weighted by Crippen LogP contribution is 2.36. The van der Waals surface area contributed by atoms with Crippen molar-refractivity contribution in [1.29, 1.82) is 0 Å². The highest BCUT2D eigenvalue weighted by Gasteiger charge is 2.30. The van der Waals surface area contributed by atoms with E-state index >= 15 is 0 Å². The summed E-state index contributed by atoms with van der Waals surface area (Å²) in [6, 6.07) is 7.42. The van der Waals surface area contributed by atoms with Crippen molar-refractivity contribution < 1.29 is 30.8 Å². The predicted octanol–water partition coefficient (Wildman–Crippen LogP) is 4.69. The molecule has 1 amide bonds. The molecular formula is C33H28ClF4N9O4S. The summed E-state index contributed by atoms with van der Waals surface area (Å²) in [6.45, 7) is -0.480. The number of carbonyl (C=O) groups is 1. The minimum Gasteiger partial charge on any atom is -0.344 e. The van der Waals surface area contributed by atoms with E-state index in [1.165, 1.54) is 46.9 Å². The molecule has 2 aromatic carbocycles. The van der Waals surface area contributed by atoms with Gasteiger partial charge in [0.1, 0.15) is 29.7 Å². The lowest BCUT2D eigenvalue weighted by molar-refractivity contribution is -0.122. The molecule has 4 aromatic heterocycles. The number of fused-ring (bicyclic) bond motifs is 3. The van der Waals surface area contributed by atoms with Crippen molar-refractivity contribution >= 4 is 55.3 Å². The van der Waals surface area contributed by atoms with E-state index in [2.05, 4.69) is 30.2 Å². The maximum Gasteiger partial charge on any atom is 0.282 e. The van der Waals surface area contributed by atoms with E-state index in [1.54, 1.807) is 0 Å². The molecule has 13 nitrogen and oxygen atoms in total. The summed E-state index contributed by atoms with van der Waals surface area (Å²) in [7, 11) is -2.33. The highest BCUT2D eigenvalue weighted by atomic mass is 35.5. The second-order valence-corrected chi connectivity index (χ2v) is 14.5.